The summed E-state index contributed by atoms with van der Waals surface area (Å²) in [6.45, 7) is 1.14. The number of hydrogen-bond acceptors (Lipinski definition) is 4. The van der Waals surface area contributed by atoms with Crippen LogP contribution in [-0.4, -0.2) is 25.4 Å². The Hall–Kier alpha value is -2.17. The smallest absolute Gasteiger partial charge is 0.127 e. The number of hydrogen-bond donors (Lipinski definition) is 2. The Kier molecular flexibility index (Phi) is 4.74. The van der Waals surface area contributed by atoms with E-state index in [0.29, 0.717) is 23.9 Å². The quantitative estimate of drug-likeness (QED) is 0.876. The Morgan fingerprint density at radius 3 is 2.91 bits per heavy atom. The van der Waals surface area contributed by atoms with Gasteiger partial charge >= 0.3 is 0 Å². The lowest BCUT2D eigenvalue weighted by molar-refractivity contribution is 0.274. The van der Waals surface area contributed by atoms with Crippen molar-refractivity contribution in [1.29, 1.82) is 0 Å². The molecule has 0 fully saturated rings. The molecule has 0 atom stereocenters. The molecule has 2 N–H and O–H groups in total. The minimum atomic E-state index is -0.0592. The van der Waals surface area contributed by atoms with Crippen molar-refractivity contribution in [2.75, 3.05) is 25.6 Å². The molecule has 5 heteroatoms. The van der Waals surface area contributed by atoms with Gasteiger partial charge in [0.25, 0.3) is 0 Å². The molecule has 1 aliphatic heterocycles. The highest BCUT2D eigenvalue weighted by Crippen LogP contribution is 2.29. The number of nitrogens with one attached hydrogen (secondary N) is 1. The SMILES string of the molecule is COc1ccc(NCC2=Cc3cc(Cl)ccc3OC2)cc1CO. The van der Waals surface area contributed by atoms with E-state index in [4.69, 9.17) is 21.1 Å². The van der Waals surface area contributed by atoms with Crippen LogP contribution in [0.1, 0.15) is 11.1 Å². The number of aliphatic hydroxyl groups excluding tert-OH is 1. The van der Waals surface area contributed by atoms with Crippen LogP contribution in [0.5, 0.6) is 11.5 Å². The summed E-state index contributed by atoms with van der Waals surface area (Å²) in [6, 6.07) is 11.3. The zero-order valence-electron chi connectivity index (χ0n) is 12.8. The largest absolute Gasteiger partial charge is 0.496 e. The molecule has 0 amide bonds. The summed E-state index contributed by atoms with van der Waals surface area (Å²) in [6.07, 6.45) is 2.09. The van der Waals surface area contributed by atoms with E-state index in [2.05, 4.69) is 11.4 Å². The fourth-order valence-corrected chi connectivity index (χ4v) is 2.71. The van der Waals surface area contributed by atoms with Gasteiger partial charge in [0.15, 0.2) is 0 Å². The van der Waals surface area contributed by atoms with E-state index < -0.39 is 0 Å². The molecule has 0 aliphatic carbocycles. The summed E-state index contributed by atoms with van der Waals surface area (Å²) in [5.41, 5.74) is 3.80. The molecule has 1 heterocycles. The Morgan fingerprint density at radius 1 is 1.26 bits per heavy atom. The lowest BCUT2D eigenvalue weighted by Gasteiger charge is -2.19. The van der Waals surface area contributed by atoms with Crippen LogP contribution in [0.2, 0.25) is 5.02 Å². The number of benzene rings is 2. The highest BCUT2D eigenvalue weighted by atomic mass is 35.5. The van der Waals surface area contributed by atoms with E-state index in [1.165, 1.54) is 0 Å². The second-order valence-electron chi connectivity index (χ2n) is 5.31. The summed E-state index contributed by atoms with van der Waals surface area (Å²) >= 11 is 6.02. The Bertz CT molecular complexity index is 743. The minimum absolute atomic E-state index is 0.0592. The van der Waals surface area contributed by atoms with Crippen LogP contribution in [0.25, 0.3) is 6.08 Å². The van der Waals surface area contributed by atoms with Gasteiger partial charge < -0.3 is 19.9 Å². The van der Waals surface area contributed by atoms with Crippen LogP contribution < -0.4 is 14.8 Å². The number of ether oxygens (including phenoxy) is 2. The Morgan fingerprint density at radius 2 is 2.13 bits per heavy atom. The van der Waals surface area contributed by atoms with Crippen LogP contribution in [-0.2, 0) is 6.61 Å². The molecule has 0 saturated heterocycles. The average Bonchev–Trinajstić information content (AvgIpc) is 2.59. The molecule has 0 saturated carbocycles. The maximum absolute atomic E-state index is 9.37. The van der Waals surface area contributed by atoms with Crippen molar-refractivity contribution >= 4 is 23.4 Å². The summed E-state index contributed by atoms with van der Waals surface area (Å²) in [5.74, 6) is 1.53. The minimum Gasteiger partial charge on any atom is -0.496 e. The van der Waals surface area contributed by atoms with Crippen molar-refractivity contribution < 1.29 is 14.6 Å². The highest BCUT2D eigenvalue weighted by Gasteiger charge is 2.12. The monoisotopic (exact) mass is 331 g/mol. The summed E-state index contributed by atoms with van der Waals surface area (Å²) in [7, 11) is 1.59. The lowest BCUT2D eigenvalue weighted by atomic mass is 10.1. The number of aliphatic hydroxyl groups is 1. The average molecular weight is 332 g/mol. The van der Waals surface area contributed by atoms with E-state index in [-0.39, 0.29) is 6.61 Å². The van der Waals surface area contributed by atoms with Gasteiger partial charge in [-0.15, -0.1) is 0 Å². The molecule has 2 aromatic rings. The molecule has 0 radical (unpaired) electrons. The molecular formula is C18H18ClNO3. The van der Waals surface area contributed by atoms with Crippen molar-refractivity contribution in [1.82, 2.24) is 0 Å². The van der Waals surface area contributed by atoms with E-state index in [0.717, 1.165) is 28.1 Å². The number of anilines is 1. The molecule has 4 nitrogen and oxygen atoms in total. The van der Waals surface area contributed by atoms with E-state index >= 15 is 0 Å². The summed E-state index contributed by atoms with van der Waals surface area (Å²) in [4.78, 5) is 0. The normalized spacial score (nSPS) is 12.9. The maximum atomic E-state index is 9.37. The van der Waals surface area contributed by atoms with Gasteiger partial charge in [-0.25, -0.2) is 0 Å². The van der Waals surface area contributed by atoms with Gasteiger partial charge in [0.05, 0.1) is 13.7 Å². The number of halogens is 1. The van der Waals surface area contributed by atoms with Gasteiger partial charge in [-0.2, -0.15) is 0 Å². The van der Waals surface area contributed by atoms with Gasteiger partial charge in [0.1, 0.15) is 18.1 Å². The first-order valence-corrected chi connectivity index (χ1v) is 7.71. The van der Waals surface area contributed by atoms with Crippen molar-refractivity contribution in [3.63, 3.8) is 0 Å². The standard InChI is InChI=1S/C18H18ClNO3/c1-22-17-5-3-16(8-14(17)10-21)20-9-12-6-13-7-15(19)2-4-18(13)23-11-12/h2-8,20-21H,9-11H2,1H3. The summed E-state index contributed by atoms with van der Waals surface area (Å²) < 4.78 is 10.9. The maximum Gasteiger partial charge on any atom is 0.127 e. The van der Waals surface area contributed by atoms with Crippen molar-refractivity contribution in [2.45, 2.75) is 6.61 Å². The van der Waals surface area contributed by atoms with Crippen LogP contribution >= 0.6 is 11.6 Å². The van der Waals surface area contributed by atoms with Gasteiger partial charge in [-0.1, -0.05) is 11.6 Å². The lowest BCUT2D eigenvalue weighted by Crippen LogP contribution is -2.15. The Balaban J connectivity index is 1.71. The molecule has 3 rings (SSSR count). The third-order valence-corrected chi connectivity index (χ3v) is 3.95. The van der Waals surface area contributed by atoms with Crippen LogP contribution in [0, 0.1) is 0 Å². The van der Waals surface area contributed by atoms with Gasteiger partial charge in [0.2, 0.25) is 0 Å². The van der Waals surface area contributed by atoms with Gasteiger partial charge in [-0.3, -0.25) is 0 Å². The summed E-state index contributed by atoms with van der Waals surface area (Å²) in [5, 5.41) is 13.4. The number of fused-ring (bicyclic) bond motifs is 1. The van der Waals surface area contributed by atoms with Gasteiger partial charge in [-0.05, 0) is 48.0 Å². The second kappa shape index (κ2) is 6.94. The number of methoxy groups -OCH3 is 1. The molecule has 0 aromatic heterocycles. The van der Waals surface area contributed by atoms with E-state index in [1.807, 2.05) is 36.4 Å². The highest BCUT2D eigenvalue weighted by molar-refractivity contribution is 6.30. The van der Waals surface area contributed by atoms with Crippen LogP contribution in [0.15, 0.2) is 42.0 Å². The Labute approximate surface area is 140 Å². The van der Waals surface area contributed by atoms with Crippen molar-refractivity contribution in [3.05, 3.63) is 58.1 Å². The molecule has 0 bridgehead atoms. The topological polar surface area (TPSA) is 50.7 Å². The van der Waals surface area contributed by atoms with E-state index in [9.17, 15) is 5.11 Å². The predicted octanol–water partition coefficient (Wildman–Crippen LogP) is 3.73. The first-order chi connectivity index (χ1) is 11.2. The second-order valence-corrected chi connectivity index (χ2v) is 5.75. The molecule has 1 aliphatic rings. The third kappa shape index (κ3) is 3.60. The predicted molar refractivity (Wildman–Crippen MR) is 92.3 cm³/mol. The van der Waals surface area contributed by atoms with Crippen LogP contribution in [0.4, 0.5) is 5.69 Å². The van der Waals surface area contributed by atoms with Crippen molar-refractivity contribution in [2.24, 2.45) is 0 Å². The van der Waals surface area contributed by atoms with Gasteiger partial charge in [0, 0.05) is 28.4 Å². The molecule has 23 heavy (non-hydrogen) atoms. The first kappa shape index (κ1) is 15.7. The molecule has 2 aromatic carbocycles. The zero-order valence-corrected chi connectivity index (χ0v) is 13.6. The molecule has 120 valence electrons. The molecule has 0 spiro atoms. The third-order valence-electron chi connectivity index (χ3n) is 3.71. The fraction of sp³-hybridized carbons (Fsp3) is 0.222. The molecule has 0 unspecified atom stereocenters. The fourth-order valence-electron chi connectivity index (χ4n) is 2.53. The number of rotatable bonds is 5. The zero-order chi connectivity index (χ0) is 16.2. The molecular weight excluding hydrogens is 314 g/mol. The first-order valence-electron chi connectivity index (χ1n) is 7.33. The van der Waals surface area contributed by atoms with Crippen LogP contribution in [0.3, 0.4) is 0 Å². The van der Waals surface area contributed by atoms with Crippen molar-refractivity contribution in [3.8, 4) is 11.5 Å². The van der Waals surface area contributed by atoms with E-state index in [1.54, 1.807) is 7.11 Å².